The van der Waals surface area contributed by atoms with Crippen molar-refractivity contribution in [2.45, 2.75) is 25.0 Å². The van der Waals surface area contributed by atoms with E-state index >= 15 is 0 Å². The van der Waals surface area contributed by atoms with Crippen molar-refractivity contribution >= 4 is 17.7 Å². The van der Waals surface area contributed by atoms with Gasteiger partial charge in [0.15, 0.2) is 11.0 Å². The van der Waals surface area contributed by atoms with Crippen LogP contribution in [0.15, 0.2) is 72.4 Å². The van der Waals surface area contributed by atoms with Crippen LogP contribution in [0, 0.1) is 6.92 Å². The molecule has 0 aliphatic heterocycles. The normalized spacial score (nSPS) is 10.6. The Hall–Kier alpha value is -2.86. The summed E-state index contributed by atoms with van der Waals surface area (Å²) in [6.07, 6.45) is 2.63. The first-order valence-corrected chi connectivity index (χ1v) is 10.2. The topological polar surface area (TPSA) is 59.8 Å². The van der Waals surface area contributed by atoms with E-state index in [1.165, 1.54) is 22.9 Å². The lowest BCUT2D eigenvalue weighted by molar-refractivity contribution is -0.118. The van der Waals surface area contributed by atoms with E-state index in [1.54, 1.807) is 0 Å². The van der Waals surface area contributed by atoms with Crippen LogP contribution in [0.3, 0.4) is 0 Å². The molecule has 0 spiro atoms. The van der Waals surface area contributed by atoms with Crippen molar-refractivity contribution in [2.75, 3.05) is 12.3 Å². The number of benzene rings is 2. The quantitative estimate of drug-likeness (QED) is 0.443. The first kappa shape index (κ1) is 19.9. The summed E-state index contributed by atoms with van der Waals surface area (Å²) in [4.78, 5) is 12.2. The van der Waals surface area contributed by atoms with Crippen molar-refractivity contribution in [3.05, 3.63) is 78.4 Å². The average molecular weight is 393 g/mol. The predicted molar refractivity (Wildman–Crippen MR) is 114 cm³/mol. The highest BCUT2D eigenvalue weighted by atomic mass is 32.2. The Balaban J connectivity index is 1.56. The molecule has 0 aliphatic carbocycles. The summed E-state index contributed by atoms with van der Waals surface area (Å²) in [7, 11) is 0. The molecule has 2 aromatic carbocycles. The molecule has 3 rings (SSSR count). The van der Waals surface area contributed by atoms with Gasteiger partial charge in [-0.25, -0.2) is 0 Å². The molecule has 6 heteroatoms. The zero-order valence-electron chi connectivity index (χ0n) is 16.0. The third-order valence-electron chi connectivity index (χ3n) is 4.37. The molecule has 0 atom stereocenters. The van der Waals surface area contributed by atoms with Crippen LogP contribution < -0.4 is 5.32 Å². The van der Waals surface area contributed by atoms with E-state index in [0.717, 1.165) is 17.8 Å². The maximum Gasteiger partial charge on any atom is 0.230 e. The molecule has 5 nitrogen and oxygen atoms in total. The number of carbonyl (C=O) groups is 1. The number of carbonyl (C=O) groups excluding carboxylic acids is 1. The van der Waals surface area contributed by atoms with Crippen LogP contribution >= 0.6 is 11.8 Å². The van der Waals surface area contributed by atoms with E-state index in [2.05, 4.69) is 41.1 Å². The molecule has 3 aromatic rings. The van der Waals surface area contributed by atoms with Gasteiger partial charge in [0.25, 0.3) is 0 Å². The second-order valence-corrected chi connectivity index (χ2v) is 7.33. The van der Waals surface area contributed by atoms with E-state index in [4.69, 9.17) is 0 Å². The lowest BCUT2D eigenvalue weighted by atomic mass is 10.1. The van der Waals surface area contributed by atoms with Crippen molar-refractivity contribution in [1.29, 1.82) is 0 Å². The zero-order chi connectivity index (χ0) is 19.8. The largest absolute Gasteiger partial charge is 0.355 e. The molecule has 0 aliphatic rings. The number of allylic oxidation sites excluding steroid dienone is 1. The lowest BCUT2D eigenvalue weighted by Gasteiger charge is -2.09. The van der Waals surface area contributed by atoms with Gasteiger partial charge in [-0.2, -0.15) is 0 Å². The summed E-state index contributed by atoms with van der Waals surface area (Å²) in [5.74, 6) is 1.08. The second kappa shape index (κ2) is 9.90. The summed E-state index contributed by atoms with van der Waals surface area (Å²) >= 11 is 1.39. The Morgan fingerprint density at radius 2 is 1.89 bits per heavy atom. The Bertz CT molecular complexity index is 937. The van der Waals surface area contributed by atoms with Crippen molar-refractivity contribution < 1.29 is 4.79 Å². The standard InChI is InChI=1S/C22H24N4OS/c1-3-15-26-21(19-11-5-4-6-12-19)24-25-22(26)28-16-20(27)23-14-13-18-10-8-7-9-17(18)2/h3-12H,1,13-16H2,2H3,(H,23,27). The van der Waals surface area contributed by atoms with Gasteiger partial charge in [0.05, 0.1) is 5.75 Å². The van der Waals surface area contributed by atoms with E-state index in [9.17, 15) is 4.79 Å². The Labute approximate surface area is 169 Å². The number of thioether (sulfide) groups is 1. The van der Waals surface area contributed by atoms with Crippen LogP contribution in [0.4, 0.5) is 0 Å². The number of nitrogens with zero attached hydrogens (tertiary/aromatic N) is 3. The van der Waals surface area contributed by atoms with Crippen LogP contribution in [0.25, 0.3) is 11.4 Å². The highest BCUT2D eigenvalue weighted by molar-refractivity contribution is 7.99. The second-order valence-electron chi connectivity index (χ2n) is 6.39. The molecule has 0 saturated heterocycles. The fraction of sp³-hybridized carbons (Fsp3) is 0.227. The van der Waals surface area contributed by atoms with Gasteiger partial charge in [-0.1, -0.05) is 72.4 Å². The summed E-state index contributed by atoms with van der Waals surface area (Å²) in [5, 5.41) is 12.3. The molecule has 0 bridgehead atoms. The van der Waals surface area contributed by atoms with Gasteiger partial charge in [0.1, 0.15) is 0 Å². The molecule has 0 fully saturated rings. The highest BCUT2D eigenvalue weighted by Gasteiger charge is 2.14. The first-order valence-electron chi connectivity index (χ1n) is 9.22. The minimum Gasteiger partial charge on any atom is -0.355 e. The van der Waals surface area contributed by atoms with E-state index < -0.39 is 0 Å². The lowest BCUT2D eigenvalue weighted by Crippen LogP contribution is -2.27. The first-order chi connectivity index (χ1) is 13.7. The fourth-order valence-electron chi connectivity index (χ4n) is 2.90. The minimum absolute atomic E-state index is 0.00648. The van der Waals surface area contributed by atoms with E-state index in [-0.39, 0.29) is 5.91 Å². The number of aromatic nitrogens is 3. The maximum atomic E-state index is 12.2. The van der Waals surface area contributed by atoms with Crippen molar-refractivity contribution in [2.24, 2.45) is 0 Å². The third-order valence-corrected chi connectivity index (χ3v) is 5.34. The molecule has 0 saturated carbocycles. The number of nitrogens with one attached hydrogen (secondary N) is 1. The van der Waals surface area contributed by atoms with Crippen molar-refractivity contribution in [3.8, 4) is 11.4 Å². The number of rotatable bonds is 9. The van der Waals surface area contributed by atoms with Gasteiger partial charge in [0, 0.05) is 18.7 Å². The smallest absolute Gasteiger partial charge is 0.230 e. The number of hydrogen-bond donors (Lipinski definition) is 1. The van der Waals surface area contributed by atoms with Crippen molar-refractivity contribution in [3.63, 3.8) is 0 Å². The number of hydrogen-bond acceptors (Lipinski definition) is 4. The van der Waals surface area contributed by atoms with E-state index in [1.807, 2.05) is 53.1 Å². The van der Waals surface area contributed by atoms with Gasteiger partial charge in [-0.05, 0) is 24.5 Å². The highest BCUT2D eigenvalue weighted by Crippen LogP contribution is 2.23. The molecule has 1 amide bonds. The molecule has 0 radical (unpaired) electrons. The molecule has 144 valence electrons. The average Bonchev–Trinajstić information content (AvgIpc) is 3.11. The maximum absolute atomic E-state index is 12.2. The van der Waals surface area contributed by atoms with Gasteiger partial charge in [0.2, 0.25) is 5.91 Å². The number of aryl methyl sites for hydroxylation is 1. The van der Waals surface area contributed by atoms with E-state index in [0.29, 0.717) is 24.0 Å². The van der Waals surface area contributed by atoms with Gasteiger partial charge >= 0.3 is 0 Å². The Kier molecular flexibility index (Phi) is 7.03. The Morgan fingerprint density at radius 1 is 1.14 bits per heavy atom. The molecule has 1 heterocycles. The van der Waals surface area contributed by atoms with Gasteiger partial charge < -0.3 is 5.32 Å². The molecular weight excluding hydrogens is 368 g/mol. The molecule has 1 aromatic heterocycles. The molecule has 1 N–H and O–H groups in total. The molecular formula is C22H24N4OS. The molecule has 28 heavy (non-hydrogen) atoms. The third kappa shape index (κ3) is 5.10. The monoisotopic (exact) mass is 392 g/mol. The van der Waals surface area contributed by atoms with Crippen LogP contribution in [0.1, 0.15) is 11.1 Å². The summed E-state index contributed by atoms with van der Waals surface area (Å²) in [6.45, 7) is 7.12. The van der Waals surface area contributed by atoms with Gasteiger partial charge in [-0.15, -0.1) is 16.8 Å². The zero-order valence-corrected chi connectivity index (χ0v) is 16.8. The summed E-state index contributed by atoms with van der Waals surface area (Å²) in [5.41, 5.74) is 3.50. The van der Waals surface area contributed by atoms with Crippen LogP contribution in [-0.4, -0.2) is 33.0 Å². The minimum atomic E-state index is -0.00648. The summed E-state index contributed by atoms with van der Waals surface area (Å²) < 4.78 is 1.98. The SMILES string of the molecule is C=CCn1c(SCC(=O)NCCc2ccccc2C)nnc1-c1ccccc1. The van der Waals surface area contributed by atoms with Crippen LogP contribution in [0.5, 0.6) is 0 Å². The van der Waals surface area contributed by atoms with Crippen LogP contribution in [-0.2, 0) is 17.8 Å². The molecule has 0 unspecified atom stereocenters. The number of amides is 1. The summed E-state index contributed by atoms with van der Waals surface area (Å²) in [6, 6.07) is 18.1. The Morgan fingerprint density at radius 3 is 2.64 bits per heavy atom. The fourth-order valence-corrected chi connectivity index (χ4v) is 3.68. The predicted octanol–water partition coefficient (Wildman–Crippen LogP) is 3.89. The van der Waals surface area contributed by atoms with Crippen LogP contribution in [0.2, 0.25) is 0 Å². The van der Waals surface area contributed by atoms with Crippen molar-refractivity contribution in [1.82, 2.24) is 20.1 Å². The van der Waals surface area contributed by atoms with Gasteiger partial charge in [-0.3, -0.25) is 9.36 Å².